The standard InChI is InChI=1S/C19H23NO4/c1-22-13-16-10-11-18(24-16)19(21)20-12-14-6-2-5-9-17(14)23-15-7-3-4-8-15/h2,5-6,9-11,15H,3-4,7-8,12-13H2,1H3,(H,20,21). The van der Waals surface area contributed by atoms with Crippen molar-refractivity contribution in [1.29, 1.82) is 0 Å². The lowest BCUT2D eigenvalue weighted by molar-refractivity contribution is 0.0914. The summed E-state index contributed by atoms with van der Waals surface area (Å²) >= 11 is 0. The molecule has 24 heavy (non-hydrogen) atoms. The van der Waals surface area contributed by atoms with E-state index in [0.29, 0.717) is 25.0 Å². The van der Waals surface area contributed by atoms with Gasteiger partial charge in [-0.15, -0.1) is 0 Å². The van der Waals surface area contributed by atoms with Crippen LogP contribution in [0.5, 0.6) is 5.75 Å². The maximum absolute atomic E-state index is 12.2. The number of methoxy groups -OCH3 is 1. The molecule has 0 radical (unpaired) electrons. The van der Waals surface area contributed by atoms with Gasteiger partial charge in [-0.3, -0.25) is 4.79 Å². The van der Waals surface area contributed by atoms with Crippen LogP contribution in [0.4, 0.5) is 0 Å². The Balaban J connectivity index is 1.60. The van der Waals surface area contributed by atoms with Crippen LogP contribution >= 0.6 is 0 Å². The van der Waals surface area contributed by atoms with Gasteiger partial charge in [-0.05, 0) is 43.9 Å². The monoisotopic (exact) mass is 329 g/mol. The Morgan fingerprint density at radius 3 is 2.79 bits per heavy atom. The Kier molecular flexibility index (Phi) is 5.54. The highest BCUT2D eigenvalue weighted by Gasteiger charge is 2.18. The molecule has 1 heterocycles. The second-order valence-electron chi connectivity index (χ2n) is 6.01. The van der Waals surface area contributed by atoms with Crippen molar-refractivity contribution in [3.8, 4) is 5.75 Å². The predicted molar refractivity (Wildman–Crippen MR) is 89.9 cm³/mol. The van der Waals surface area contributed by atoms with Crippen LogP contribution in [0.2, 0.25) is 0 Å². The second-order valence-corrected chi connectivity index (χ2v) is 6.01. The summed E-state index contributed by atoms with van der Waals surface area (Å²) in [6, 6.07) is 11.2. The van der Waals surface area contributed by atoms with E-state index in [4.69, 9.17) is 13.9 Å². The molecule has 1 aromatic heterocycles. The van der Waals surface area contributed by atoms with Gasteiger partial charge < -0.3 is 19.2 Å². The zero-order valence-electron chi connectivity index (χ0n) is 13.9. The maximum atomic E-state index is 12.2. The Hall–Kier alpha value is -2.27. The van der Waals surface area contributed by atoms with Gasteiger partial charge in [0.05, 0.1) is 6.10 Å². The number of benzene rings is 1. The topological polar surface area (TPSA) is 60.7 Å². The van der Waals surface area contributed by atoms with Crippen molar-refractivity contribution in [3.63, 3.8) is 0 Å². The van der Waals surface area contributed by atoms with E-state index < -0.39 is 0 Å². The summed E-state index contributed by atoms with van der Waals surface area (Å²) < 4.78 is 16.5. The highest BCUT2D eigenvalue weighted by atomic mass is 16.5. The summed E-state index contributed by atoms with van der Waals surface area (Å²) in [6.45, 7) is 0.757. The smallest absolute Gasteiger partial charge is 0.287 e. The van der Waals surface area contributed by atoms with Crippen molar-refractivity contribution in [2.24, 2.45) is 0 Å². The molecule has 0 spiro atoms. The molecule has 0 bridgehead atoms. The molecule has 1 aliphatic carbocycles. The van der Waals surface area contributed by atoms with Gasteiger partial charge in [0.25, 0.3) is 5.91 Å². The Labute approximate surface area is 141 Å². The average Bonchev–Trinajstić information content (AvgIpc) is 3.26. The quantitative estimate of drug-likeness (QED) is 0.842. The molecule has 5 nitrogen and oxygen atoms in total. The molecule has 1 amide bonds. The highest BCUT2D eigenvalue weighted by Crippen LogP contribution is 2.26. The summed E-state index contributed by atoms with van der Waals surface area (Å²) in [5, 5.41) is 2.88. The minimum atomic E-state index is -0.243. The third-order valence-electron chi connectivity index (χ3n) is 4.18. The van der Waals surface area contributed by atoms with Gasteiger partial charge >= 0.3 is 0 Å². The number of furan rings is 1. The number of hydrogen-bond acceptors (Lipinski definition) is 4. The number of carbonyl (C=O) groups excluding carboxylic acids is 1. The molecule has 5 heteroatoms. The van der Waals surface area contributed by atoms with Crippen LogP contribution in [-0.4, -0.2) is 19.1 Å². The molecule has 2 aromatic rings. The Bertz CT molecular complexity index is 674. The zero-order chi connectivity index (χ0) is 16.8. The first-order valence-electron chi connectivity index (χ1n) is 8.36. The molecule has 0 saturated heterocycles. The van der Waals surface area contributed by atoms with Gasteiger partial charge in [-0.2, -0.15) is 0 Å². The first kappa shape index (κ1) is 16.6. The predicted octanol–water partition coefficient (Wildman–Crippen LogP) is 3.68. The van der Waals surface area contributed by atoms with Crippen LogP contribution in [-0.2, 0) is 17.9 Å². The normalized spacial score (nSPS) is 14.7. The van der Waals surface area contributed by atoms with Gasteiger partial charge in [0.15, 0.2) is 5.76 Å². The van der Waals surface area contributed by atoms with E-state index >= 15 is 0 Å². The summed E-state index contributed by atoms with van der Waals surface area (Å²) in [5.41, 5.74) is 0.974. The minimum absolute atomic E-state index is 0.243. The molecule has 0 aliphatic heterocycles. The van der Waals surface area contributed by atoms with Gasteiger partial charge in [-0.1, -0.05) is 18.2 Å². The van der Waals surface area contributed by atoms with E-state index in [0.717, 1.165) is 24.2 Å². The van der Waals surface area contributed by atoms with Crippen LogP contribution < -0.4 is 10.1 Å². The molecule has 1 N–H and O–H groups in total. The highest BCUT2D eigenvalue weighted by molar-refractivity contribution is 5.91. The summed E-state index contributed by atoms with van der Waals surface area (Å²) in [5.74, 6) is 1.53. The largest absolute Gasteiger partial charge is 0.490 e. The average molecular weight is 329 g/mol. The molecule has 1 fully saturated rings. The third-order valence-corrected chi connectivity index (χ3v) is 4.18. The SMILES string of the molecule is COCc1ccc(C(=O)NCc2ccccc2OC2CCCC2)o1. The van der Waals surface area contributed by atoms with E-state index in [9.17, 15) is 4.79 Å². The summed E-state index contributed by atoms with van der Waals surface area (Å²) in [6.07, 6.45) is 4.96. The summed E-state index contributed by atoms with van der Waals surface area (Å²) in [7, 11) is 1.59. The fraction of sp³-hybridized carbons (Fsp3) is 0.421. The number of amides is 1. The van der Waals surface area contributed by atoms with Crippen LogP contribution in [0.3, 0.4) is 0 Å². The molecule has 1 aromatic carbocycles. The van der Waals surface area contributed by atoms with E-state index in [1.54, 1.807) is 19.2 Å². The molecular weight excluding hydrogens is 306 g/mol. The van der Waals surface area contributed by atoms with Gasteiger partial charge in [0.1, 0.15) is 18.1 Å². The number of hydrogen-bond donors (Lipinski definition) is 1. The molecule has 3 rings (SSSR count). The lowest BCUT2D eigenvalue weighted by Gasteiger charge is -2.16. The fourth-order valence-electron chi connectivity index (χ4n) is 2.93. The lowest BCUT2D eigenvalue weighted by Crippen LogP contribution is -2.23. The Morgan fingerprint density at radius 2 is 2.00 bits per heavy atom. The van der Waals surface area contributed by atoms with Crippen LogP contribution in [0.1, 0.15) is 47.6 Å². The fourth-order valence-corrected chi connectivity index (χ4v) is 2.93. The molecule has 128 valence electrons. The molecular formula is C19H23NO4. The van der Waals surface area contributed by atoms with Crippen molar-refractivity contribution in [2.45, 2.75) is 44.9 Å². The minimum Gasteiger partial charge on any atom is -0.490 e. The van der Waals surface area contributed by atoms with Gasteiger partial charge in [-0.25, -0.2) is 0 Å². The molecule has 1 saturated carbocycles. The Morgan fingerprint density at radius 1 is 1.21 bits per heavy atom. The maximum Gasteiger partial charge on any atom is 0.287 e. The van der Waals surface area contributed by atoms with E-state index in [2.05, 4.69) is 5.32 Å². The lowest BCUT2D eigenvalue weighted by atomic mass is 10.2. The van der Waals surface area contributed by atoms with Gasteiger partial charge in [0.2, 0.25) is 0 Å². The van der Waals surface area contributed by atoms with Crippen molar-refractivity contribution in [2.75, 3.05) is 7.11 Å². The van der Waals surface area contributed by atoms with E-state index in [1.807, 2.05) is 24.3 Å². The van der Waals surface area contributed by atoms with Crippen LogP contribution in [0.15, 0.2) is 40.8 Å². The van der Waals surface area contributed by atoms with E-state index in [-0.39, 0.29) is 11.7 Å². The molecule has 0 atom stereocenters. The first-order chi connectivity index (χ1) is 11.8. The second kappa shape index (κ2) is 8.02. The molecule has 0 unspecified atom stereocenters. The number of para-hydroxylation sites is 1. The first-order valence-corrected chi connectivity index (χ1v) is 8.36. The summed E-state index contributed by atoms with van der Waals surface area (Å²) in [4.78, 5) is 12.2. The number of ether oxygens (including phenoxy) is 2. The zero-order valence-corrected chi connectivity index (χ0v) is 13.9. The van der Waals surface area contributed by atoms with Crippen LogP contribution in [0.25, 0.3) is 0 Å². The molecule has 1 aliphatic rings. The third kappa shape index (κ3) is 4.17. The van der Waals surface area contributed by atoms with Crippen molar-refractivity contribution < 1.29 is 18.7 Å². The van der Waals surface area contributed by atoms with Crippen molar-refractivity contribution in [1.82, 2.24) is 5.32 Å². The number of carbonyl (C=O) groups is 1. The van der Waals surface area contributed by atoms with E-state index in [1.165, 1.54) is 12.8 Å². The number of rotatable bonds is 7. The van der Waals surface area contributed by atoms with Crippen molar-refractivity contribution >= 4 is 5.91 Å². The number of nitrogens with one attached hydrogen (secondary N) is 1. The van der Waals surface area contributed by atoms with Crippen molar-refractivity contribution in [3.05, 3.63) is 53.5 Å². The van der Waals surface area contributed by atoms with Gasteiger partial charge in [0, 0.05) is 19.2 Å². The van der Waals surface area contributed by atoms with Crippen LogP contribution in [0, 0.1) is 0 Å².